The molecule has 0 spiro atoms. The molecule has 1 aliphatic carbocycles. The fraction of sp³-hybridized carbons (Fsp3) is 0.409. The third kappa shape index (κ3) is 5.28. The summed E-state index contributed by atoms with van der Waals surface area (Å²) in [5.74, 6) is -2.24. The van der Waals surface area contributed by atoms with E-state index in [2.05, 4.69) is 5.32 Å². The summed E-state index contributed by atoms with van der Waals surface area (Å²) < 4.78 is 61.6. The van der Waals surface area contributed by atoms with Gasteiger partial charge in [0.15, 0.2) is 0 Å². The number of carbonyl (C=O) groups excluding carboxylic acids is 1. The lowest BCUT2D eigenvalue weighted by Crippen LogP contribution is -2.38. The first-order chi connectivity index (χ1) is 15.2. The molecule has 1 N–H and O–H groups in total. The summed E-state index contributed by atoms with van der Waals surface area (Å²) >= 11 is 5.72. The lowest BCUT2D eigenvalue weighted by Gasteiger charge is -2.24. The van der Waals surface area contributed by atoms with Gasteiger partial charge >= 0.3 is 0 Å². The number of rotatable bonds is 6. The Balaban J connectivity index is 1.56. The summed E-state index contributed by atoms with van der Waals surface area (Å²) in [6, 6.07) is 6.81. The van der Waals surface area contributed by atoms with Crippen molar-refractivity contribution in [1.29, 1.82) is 0 Å². The van der Waals surface area contributed by atoms with Gasteiger partial charge in [-0.15, -0.1) is 0 Å². The molecule has 1 unspecified atom stereocenters. The average molecular weight is 485 g/mol. The van der Waals surface area contributed by atoms with Gasteiger partial charge in [-0.05, 0) is 68.5 Å². The number of nitrogens with one attached hydrogen (secondary N) is 1. The van der Waals surface area contributed by atoms with Crippen molar-refractivity contribution >= 4 is 33.2 Å². The fourth-order valence-electron chi connectivity index (χ4n) is 3.63. The van der Waals surface area contributed by atoms with Crippen molar-refractivity contribution in [3.63, 3.8) is 0 Å². The molecule has 6 nitrogen and oxygen atoms in total. The Morgan fingerprint density at radius 1 is 1.03 bits per heavy atom. The SMILES string of the molecule is O=C(Nc1ccc(F)c(Cl)c1)c1ccc(F)c(S(=O)(=O)N2CCCCC(OC3CC3)C2)c1. The number of anilines is 1. The third-order valence-electron chi connectivity index (χ3n) is 5.49. The van der Waals surface area contributed by atoms with E-state index in [1.165, 1.54) is 22.5 Å². The molecule has 172 valence electrons. The second-order valence-electron chi connectivity index (χ2n) is 8.04. The van der Waals surface area contributed by atoms with Crippen molar-refractivity contribution in [3.05, 3.63) is 58.6 Å². The number of benzene rings is 2. The number of nitrogens with zero attached hydrogens (tertiary/aromatic N) is 1. The van der Waals surface area contributed by atoms with Crippen LogP contribution in [-0.2, 0) is 14.8 Å². The van der Waals surface area contributed by atoms with Gasteiger partial charge in [0.1, 0.15) is 16.5 Å². The van der Waals surface area contributed by atoms with Crippen LogP contribution in [-0.4, -0.2) is 43.9 Å². The second kappa shape index (κ2) is 9.43. The molecule has 0 aromatic heterocycles. The van der Waals surface area contributed by atoms with Gasteiger partial charge in [-0.25, -0.2) is 17.2 Å². The van der Waals surface area contributed by atoms with Crippen LogP contribution in [0.3, 0.4) is 0 Å². The highest BCUT2D eigenvalue weighted by molar-refractivity contribution is 7.89. The summed E-state index contributed by atoms with van der Waals surface area (Å²) in [5, 5.41) is 2.34. The van der Waals surface area contributed by atoms with E-state index in [-0.39, 0.29) is 41.6 Å². The van der Waals surface area contributed by atoms with Gasteiger partial charge in [-0.2, -0.15) is 4.31 Å². The van der Waals surface area contributed by atoms with E-state index >= 15 is 0 Å². The van der Waals surface area contributed by atoms with Crippen LogP contribution in [0.5, 0.6) is 0 Å². The zero-order valence-corrected chi connectivity index (χ0v) is 18.8. The average Bonchev–Trinajstić information content (AvgIpc) is 3.58. The minimum Gasteiger partial charge on any atom is -0.374 e. The topological polar surface area (TPSA) is 75.7 Å². The highest BCUT2D eigenvalue weighted by Gasteiger charge is 2.34. The molecule has 2 aliphatic rings. The van der Waals surface area contributed by atoms with Gasteiger partial charge in [-0.1, -0.05) is 11.6 Å². The third-order valence-corrected chi connectivity index (χ3v) is 7.66. The monoisotopic (exact) mass is 484 g/mol. The largest absolute Gasteiger partial charge is 0.374 e. The zero-order chi connectivity index (χ0) is 22.9. The number of hydrogen-bond donors (Lipinski definition) is 1. The van der Waals surface area contributed by atoms with Gasteiger partial charge < -0.3 is 10.1 Å². The number of amides is 1. The summed E-state index contributed by atoms with van der Waals surface area (Å²) in [7, 11) is -4.18. The number of sulfonamides is 1. The molecule has 10 heteroatoms. The molecule has 1 aliphatic heterocycles. The maximum Gasteiger partial charge on any atom is 0.255 e. The molecule has 0 bridgehead atoms. The molecule has 1 heterocycles. The molecular weight excluding hydrogens is 462 g/mol. The zero-order valence-electron chi connectivity index (χ0n) is 17.2. The van der Waals surface area contributed by atoms with Crippen molar-refractivity contribution in [2.24, 2.45) is 0 Å². The first-order valence-electron chi connectivity index (χ1n) is 10.5. The lowest BCUT2D eigenvalue weighted by molar-refractivity contribution is 0.0285. The molecule has 1 saturated heterocycles. The van der Waals surface area contributed by atoms with Crippen LogP contribution in [0.25, 0.3) is 0 Å². The van der Waals surface area contributed by atoms with E-state index in [4.69, 9.17) is 16.3 Å². The van der Waals surface area contributed by atoms with Crippen LogP contribution in [0.2, 0.25) is 5.02 Å². The van der Waals surface area contributed by atoms with Crippen molar-refractivity contribution in [2.75, 3.05) is 18.4 Å². The fourth-order valence-corrected chi connectivity index (χ4v) is 5.42. The Bertz CT molecular complexity index is 1120. The van der Waals surface area contributed by atoms with Crippen LogP contribution in [0.4, 0.5) is 14.5 Å². The summed E-state index contributed by atoms with van der Waals surface area (Å²) in [6.45, 7) is 0.416. The molecule has 2 aromatic carbocycles. The molecule has 4 rings (SSSR count). The molecule has 1 atom stereocenters. The summed E-state index contributed by atoms with van der Waals surface area (Å²) in [5.41, 5.74) is 0.175. The van der Waals surface area contributed by atoms with E-state index in [0.717, 1.165) is 43.9 Å². The first kappa shape index (κ1) is 23.1. The lowest BCUT2D eigenvalue weighted by atomic mass is 10.2. The standard InChI is InChI=1S/C22H23ClF2N2O4S/c23-18-12-15(5-9-19(18)24)26-22(28)14-4-8-20(25)21(11-14)32(29,30)27-10-2-1-3-17(13-27)31-16-6-7-16/h4-5,8-9,11-12,16-17H,1-3,6-7,10,13H2,(H,26,28). The van der Waals surface area contributed by atoms with Gasteiger partial charge in [0.05, 0.1) is 17.2 Å². The molecule has 1 saturated carbocycles. The maximum atomic E-state index is 14.6. The number of hydrogen-bond acceptors (Lipinski definition) is 4. The van der Waals surface area contributed by atoms with Crippen molar-refractivity contribution < 1.29 is 26.7 Å². The number of halogens is 3. The quantitative estimate of drug-likeness (QED) is 0.650. The van der Waals surface area contributed by atoms with Crippen LogP contribution in [0, 0.1) is 11.6 Å². The van der Waals surface area contributed by atoms with E-state index < -0.39 is 32.5 Å². The number of ether oxygens (including phenoxy) is 1. The molecule has 1 amide bonds. The van der Waals surface area contributed by atoms with Crippen LogP contribution < -0.4 is 5.32 Å². The molecule has 32 heavy (non-hydrogen) atoms. The maximum absolute atomic E-state index is 14.6. The predicted molar refractivity (Wildman–Crippen MR) is 116 cm³/mol. The predicted octanol–water partition coefficient (Wildman–Crippen LogP) is 4.59. The van der Waals surface area contributed by atoms with Crippen molar-refractivity contribution in [2.45, 2.75) is 49.2 Å². The van der Waals surface area contributed by atoms with E-state index in [0.29, 0.717) is 6.42 Å². The molecule has 2 fully saturated rings. The summed E-state index contributed by atoms with van der Waals surface area (Å²) in [4.78, 5) is 12.1. The Morgan fingerprint density at radius 2 is 1.78 bits per heavy atom. The second-order valence-corrected chi connectivity index (χ2v) is 10.4. The van der Waals surface area contributed by atoms with Gasteiger partial charge in [0, 0.05) is 24.3 Å². The van der Waals surface area contributed by atoms with Crippen LogP contribution in [0.15, 0.2) is 41.3 Å². The molecular formula is C22H23ClF2N2O4S. The van der Waals surface area contributed by atoms with Gasteiger partial charge in [-0.3, -0.25) is 4.79 Å². The smallest absolute Gasteiger partial charge is 0.255 e. The minimum atomic E-state index is -4.18. The normalized spacial score (nSPS) is 20.0. The molecule has 0 radical (unpaired) electrons. The van der Waals surface area contributed by atoms with E-state index in [1.807, 2.05) is 0 Å². The highest BCUT2D eigenvalue weighted by Crippen LogP contribution is 2.30. The minimum absolute atomic E-state index is 0.0500. The Hall–Kier alpha value is -2.07. The van der Waals surface area contributed by atoms with Crippen LogP contribution >= 0.6 is 11.6 Å². The molecule has 2 aromatic rings. The van der Waals surface area contributed by atoms with Crippen molar-refractivity contribution in [1.82, 2.24) is 4.31 Å². The van der Waals surface area contributed by atoms with Gasteiger partial charge in [0.2, 0.25) is 10.0 Å². The first-order valence-corrected chi connectivity index (χ1v) is 12.3. The van der Waals surface area contributed by atoms with E-state index in [1.54, 1.807) is 0 Å². The van der Waals surface area contributed by atoms with Gasteiger partial charge in [0.25, 0.3) is 5.91 Å². The highest BCUT2D eigenvalue weighted by atomic mass is 35.5. The summed E-state index contributed by atoms with van der Waals surface area (Å²) in [6.07, 6.45) is 4.16. The number of carbonyl (C=O) groups is 1. The Labute approximate surface area is 190 Å². The van der Waals surface area contributed by atoms with Crippen molar-refractivity contribution in [3.8, 4) is 0 Å². The van der Waals surface area contributed by atoms with Crippen LogP contribution in [0.1, 0.15) is 42.5 Å². The Morgan fingerprint density at radius 3 is 2.50 bits per heavy atom. The Kier molecular flexibility index (Phi) is 6.80. The van der Waals surface area contributed by atoms with E-state index in [9.17, 15) is 22.0 Å².